The molecule has 1 N–H and O–H groups in total. The first-order chi connectivity index (χ1) is 12.0. The molecule has 0 atom stereocenters. The summed E-state index contributed by atoms with van der Waals surface area (Å²) in [6.45, 7) is 7.52. The second-order valence-corrected chi connectivity index (χ2v) is 6.53. The van der Waals surface area contributed by atoms with Crippen molar-refractivity contribution in [3.05, 3.63) is 63.3 Å². The molecular weight excluding hydrogens is 316 g/mol. The second-order valence-electron chi connectivity index (χ2n) is 6.53. The van der Waals surface area contributed by atoms with Crippen molar-refractivity contribution in [1.29, 1.82) is 0 Å². The maximum absolute atomic E-state index is 12.5. The summed E-state index contributed by atoms with van der Waals surface area (Å²) in [5.74, 6) is 0.576. The summed E-state index contributed by atoms with van der Waals surface area (Å²) in [6, 6.07) is 10.4. The summed E-state index contributed by atoms with van der Waals surface area (Å²) >= 11 is 0. The molecule has 0 spiro atoms. The van der Waals surface area contributed by atoms with Crippen molar-refractivity contribution >= 4 is 5.91 Å². The molecule has 1 aromatic heterocycles. The van der Waals surface area contributed by atoms with E-state index in [-0.39, 0.29) is 17.9 Å². The van der Waals surface area contributed by atoms with Gasteiger partial charge in [0.25, 0.3) is 5.56 Å². The van der Waals surface area contributed by atoms with E-state index in [1.54, 1.807) is 13.8 Å². The average molecular weight is 340 g/mol. The standard InChI is InChI=1S/C19H24N4O2/c1-14-17(19(25)21-15(2)20-14)12-18(24)23-10-8-22(9-11-23)13-16-6-4-3-5-7-16/h3-7H,8-13H2,1-2H3,(H,20,21,25). The number of nitrogens with zero attached hydrogens (tertiary/aromatic N) is 3. The van der Waals surface area contributed by atoms with Crippen LogP contribution in [0.25, 0.3) is 0 Å². The van der Waals surface area contributed by atoms with Gasteiger partial charge < -0.3 is 9.88 Å². The van der Waals surface area contributed by atoms with Gasteiger partial charge in [0.15, 0.2) is 0 Å². The topological polar surface area (TPSA) is 69.3 Å². The first-order valence-electron chi connectivity index (χ1n) is 8.63. The number of aromatic nitrogens is 2. The van der Waals surface area contributed by atoms with Gasteiger partial charge in [0.2, 0.25) is 5.91 Å². The lowest BCUT2D eigenvalue weighted by Gasteiger charge is -2.34. The third kappa shape index (κ3) is 4.33. The molecule has 0 radical (unpaired) electrons. The van der Waals surface area contributed by atoms with Crippen molar-refractivity contribution in [3.63, 3.8) is 0 Å². The summed E-state index contributed by atoms with van der Waals surface area (Å²) in [7, 11) is 0. The Kier molecular flexibility index (Phi) is 5.28. The van der Waals surface area contributed by atoms with Crippen molar-refractivity contribution < 1.29 is 4.79 Å². The lowest BCUT2D eigenvalue weighted by molar-refractivity contribution is -0.132. The fraction of sp³-hybridized carbons (Fsp3) is 0.421. The van der Waals surface area contributed by atoms with Crippen LogP contribution in [0.4, 0.5) is 0 Å². The van der Waals surface area contributed by atoms with E-state index in [0.29, 0.717) is 30.2 Å². The van der Waals surface area contributed by atoms with Crippen LogP contribution in [0.15, 0.2) is 35.1 Å². The number of carbonyl (C=O) groups is 1. The molecule has 1 amide bonds. The Morgan fingerprint density at radius 2 is 1.80 bits per heavy atom. The summed E-state index contributed by atoms with van der Waals surface area (Å²) in [6.07, 6.45) is 0.118. The van der Waals surface area contributed by atoms with Gasteiger partial charge >= 0.3 is 0 Å². The molecule has 2 aromatic rings. The molecule has 0 unspecified atom stereocenters. The molecule has 0 bridgehead atoms. The molecule has 0 saturated carbocycles. The summed E-state index contributed by atoms with van der Waals surface area (Å²) in [5.41, 5.74) is 2.19. The van der Waals surface area contributed by atoms with Crippen molar-refractivity contribution in [1.82, 2.24) is 19.8 Å². The lowest BCUT2D eigenvalue weighted by atomic mass is 10.1. The molecule has 3 rings (SSSR count). The van der Waals surface area contributed by atoms with Crippen molar-refractivity contribution in [3.8, 4) is 0 Å². The SMILES string of the molecule is Cc1nc(C)c(CC(=O)N2CCN(Cc3ccccc3)CC2)c(=O)[nH]1. The van der Waals surface area contributed by atoms with Gasteiger partial charge in [-0.25, -0.2) is 4.98 Å². The zero-order chi connectivity index (χ0) is 17.8. The van der Waals surface area contributed by atoms with Crippen LogP contribution in [0.3, 0.4) is 0 Å². The molecule has 0 aliphatic carbocycles. The van der Waals surface area contributed by atoms with E-state index in [4.69, 9.17) is 0 Å². The second kappa shape index (κ2) is 7.61. The van der Waals surface area contributed by atoms with Crippen LogP contribution in [0.2, 0.25) is 0 Å². The highest BCUT2D eigenvalue weighted by Gasteiger charge is 2.22. The normalized spacial score (nSPS) is 15.4. The van der Waals surface area contributed by atoms with Gasteiger partial charge in [0.1, 0.15) is 5.82 Å². The monoisotopic (exact) mass is 340 g/mol. The Morgan fingerprint density at radius 1 is 1.12 bits per heavy atom. The molecule has 25 heavy (non-hydrogen) atoms. The molecular formula is C19H24N4O2. The largest absolute Gasteiger partial charge is 0.340 e. The van der Waals surface area contributed by atoms with Crippen molar-refractivity contribution in [2.75, 3.05) is 26.2 Å². The lowest BCUT2D eigenvalue weighted by Crippen LogP contribution is -2.49. The van der Waals surface area contributed by atoms with Gasteiger partial charge in [-0.2, -0.15) is 0 Å². The van der Waals surface area contributed by atoms with Crippen LogP contribution < -0.4 is 5.56 Å². The van der Waals surface area contributed by atoms with Gasteiger partial charge in [0, 0.05) is 44.0 Å². The van der Waals surface area contributed by atoms with Crippen LogP contribution in [0.5, 0.6) is 0 Å². The first-order valence-corrected chi connectivity index (χ1v) is 8.63. The van der Waals surface area contributed by atoms with Crippen molar-refractivity contribution in [2.24, 2.45) is 0 Å². The summed E-state index contributed by atoms with van der Waals surface area (Å²) < 4.78 is 0. The first kappa shape index (κ1) is 17.4. The molecule has 6 nitrogen and oxygen atoms in total. The minimum atomic E-state index is -0.207. The number of amides is 1. The number of carbonyl (C=O) groups excluding carboxylic acids is 1. The van der Waals surface area contributed by atoms with Gasteiger partial charge in [-0.05, 0) is 19.4 Å². The van der Waals surface area contributed by atoms with Crippen LogP contribution in [-0.4, -0.2) is 51.9 Å². The number of hydrogen-bond acceptors (Lipinski definition) is 4. The number of aromatic amines is 1. The number of benzene rings is 1. The third-order valence-corrected chi connectivity index (χ3v) is 4.64. The summed E-state index contributed by atoms with van der Waals surface area (Å²) in [4.78, 5) is 35.7. The Hall–Kier alpha value is -2.47. The molecule has 6 heteroatoms. The molecule has 1 fully saturated rings. The fourth-order valence-electron chi connectivity index (χ4n) is 3.22. The molecule has 1 aliphatic heterocycles. The zero-order valence-electron chi connectivity index (χ0n) is 14.8. The van der Waals surface area contributed by atoms with E-state index in [9.17, 15) is 9.59 Å². The number of piperazine rings is 1. The Morgan fingerprint density at radius 3 is 2.44 bits per heavy atom. The number of aryl methyl sites for hydroxylation is 2. The maximum Gasteiger partial charge on any atom is 0.254 e. The molecule has 1 aromatic carbocycles. The van der Waals surface area contributed by atoms with E-state index in [1.807, 2.05) is 23.1 Å². The quantitative estimate of drug-likeness (QED) is 0.910. The van der Waals surface area contributed by atoms with Crippen LogP contribution >= 0.6 is 0 Å². The smallest absolute Gasteiger partial charge is 0.254 e. The zero-order valence-corrected chi connectivity index (χ0v) is 14.8. The fourth-order valence-corrected chi connectivity index (χ4v) is 3.22. The highest BCUT2D eigenvalue weighted by Crippen LogP contribution is 2.10. The third-order valence-electron chi connectivity index (χ3n) is 4.64. The predicted molar refractivity (Wildman–Crippen MR) is 96.3 cm³/mol. The highest BCUT2D eigenvalue weighted by molar-refractivity contribution is 5.79. The van der Waals surface area contributed by atoms with E-state index < -0.39 is 0 Å². The molecule has 1 saturated heterocycles. The molecule has 132 valence electrons. The Balaban J connectivity index is 1.56. The maximum atomic E-state index is 12.5. The van der Waals surface area contributed by atoms with Gasteiger partial charge in [0.05, 0.1) is 6.42 Å². The molecule has 1 aliphatic rings. The van der Waals surface area contributed by atoms with E-state index in [1.165, 1.54) is 5.56 Å². The van der Waals surface area contributed by atoms with Crippen LogP contribution in [-0.2, 0) is 17.8 Å². The van der Waals surface area contributed by atoms with Crippen LogP contribution in [0.1, 0.15) is 22.6 Å². The van der Waals surface area contributed by atoms with Gasteiger partial charge in [-0.3, -0.25) is 14.5 Å². The van der Waals surface area contributed by atoms with E-state index in [0.717, 1.165) is 19.6 Å². The minimum Gasteiger partial charge on any atom is -0.340 e. The van der Waals surface area contributed by atoms with Crippen molar-refractivity contribution in [2.45, 2.75) is 26.8 Å². The Bertz CT molecular complexity index is 793. The number of H-pyrrole nitrogens is 1. The highest BCUT2D eigenvalue weighted by atomic mass is 16.2. The molecule has 2 heterocycles. The number of rotatable bonds is 4. The van der Waals surface area contributed by atoms with Gasteiger partial charge in [-0.1, -0.05) is 30.3 Å². The van der Waals surface area contributed by atoms with E-state index in [2.05, 4.69) is 27.0 Å². The van der Waals surface area contributed by atoms with Crippen LogP contribution in [0, 0.1) is 13.8 Å². The van der Waals surface area contributed by atoms with E-state index >= 15 is 0 Å². The summed E-state index contributed by atoms with van der Waals surface area (Å²) in [5, 5.41) is 0. The number of nitrogens with one attached hydrogen (secondary N) is 1. The minimum absolute atomic E-state index is 0.00128. The average Bonchev–Trinajstić information content (AvgIpc) is 2.59. The Labute approximate surface area is 147 Å². The predicted octanol–water partition coefficient (Wildman–Crippen LogP) is 1.27. The number of hydrogen-bond donors (Lipinski definition) is 1. The van der Waals surface area contributed by atoms with Gasteiger partial charge in [-0.15, -0.1) is 0 Å².